The molecule has 2 nitrogen and oxygen atoms in total. The Hall–Kier alpha value is -0.0800. The molecule has 0 aliphatic carbocycles. The van der Waals surface area contributed by atoms with E-state index in [0.717, 1.165) is 19.3 Å². The van der Waals surface area contributed by atoms with E-state index >= 15 is 0 Å². The average Bonchev–Trinajstić information content (AvgIpc) is 1.61. The largest absolute Gasteiger partial charge is 0.311 e. The van der Waals surface area contributed by atoms with Crippen LogP contribution in [0.3, 0.4) is 0 Å². The summed E-state index contributed by atoms with van der Waals surface area (Å²) in [5, 5.41) is 0. The lowest BCUT2D eigenvalue weighted by Gasteiger charge is -1.98. The van der Waals surface area contributed by atoms with Crippen LogP contribution in [0.15, 0.2) is 0 Å². The van der Waals surface area contributed by atoms with Crippen LogP contribution in [0.25, 0.3) is 0 Å². The van der Waals surface area contributed by atoms with Crippen LogP contribution < -0.4 is 11.5 Å². The van der Waals surface area contributed by atoms with Crippen molar-refractivity contribution in [2.45, 2.75) is 26.2 Å². The van der Waals surface area contributed by atoms with Gasteiger partial charge in [-0.1, -0.05) is 19.8 Å². The second-order valence-corrected chi connectivity index (χ2v) is 1.68. The standard InChI is InChI=1S/C5H13N2/c1-2-3-4-5(6)7/h2-4,6-7H2,1H3. The first-order valence-electron chi connectivity index (χ1n) is 2.64. The molecule has 0 amide bonds. The zero-order chi connectivity index (χ0) is 5.70. The van der Waals surface area contributed by atoms with Gasteiger partial charge in [-0.15, -0.1) is 0 Å². The van der Waals surface area contributed by atoms with Crippen molar-refractivity contribution in [3.63, 3.8) is 0 Å². The van der Waals surface area contributed by atoms with E-state index in [1.54, 1.807) is 0 Å². The smallest absolute Gasteiger partial charge is 0.0955 e. The highest BCUT2D eigenvalue weighted by Gasteiger charge is 1.90. The van der Waals surface area contributed by atoms with Gasteiger partial charge in [-0.3, -0.25) is 0 Å². The SMILES string of the molecule is CCCC[C](N)N. The lowest BCUT2D eigenvalue weighted by Crippen LogP contribution is -2.19. The van der Waals surface area contributed by atoms with Crippen LogP contribution in [0.1, 0.15) is 26.2 Å². The minimum atomic E-state index is 0.557. The summed E-state index contributed by atoms with van der Waals surface area (Å²) in [6, 6.07) is 0. The van der Waals surface area contributed by atoms with E-state index in [0.29, 0.717) is 6.17 Å². The van der Waals surface area contributed by atoms with Gasteiger partial charge in [0.15, 0.2) is 0 Å². The van der Waals surface area contributed by atoms with Gasteiger partial charge in [0.25, 0.3) is 0 Å². The maximum atomic E-state index is 5.17. The third kappa shape index (κ3) is 5.92. The van der Waals surface area contributed by atoms with Crippen molar-refractivity contribution in [2.75, 3.05) is 0 Å². The first kappa shape index (κ1) is 6.92. The number of hydrogen-bond acceptors (Lipinski definition) is 2. The highest BCUT2D eigenvalue weighted by molar-refractivity contribution is 4.70. The third-order valence-corrected chi connectivity index (χ3v) is 0.819. The molecule has 1 radical (unpaired) electrons. The summed E-state index contributed by atoms with van der Waals surface area (Å²) in [6.45, 7) is 2.11. The van der Waals surface area contributed by atoms with Crippen molar-refractivity contribution in [1.82, 2.24) is 0 Å². The molecule has 7 heavy (non-hydrogen) atoms. The Bertz CT molecular complexity index is 35.1. The molecule has 0 aromatic carbocycles. The number of rotatable bonds is 3. The molecule has 0 aromatic heterocycles. The maximum Gasteiger partial charge on any atom is 0.0955 e. The minimum absolute atomic E-state index is 0.557. The van der Waals surface area contributed by atoms with Crippen LogP contribution in [0.2, 0.25) is 0 Å². The van der Waals surface area contributed by atoms with Crippen LogP contribution in [-0.2, 0) is 0 Å². The molecule has 0 unspecified atom stereocenters. The van der Waals surface area contributed by atoms with E-state index in [9.17, 15) is 0 Å². The zero-order valence-corrected chi connectivity index (χ0v) is 4.78. The average molecular weight is 101 g/mol. The van der Waals surface area contributed by atoms with Crippen LogP contribution in [0.4, 0.5) is 0 Å². The van der Waals surface area contributed by atoms with E-state index in [4.69, 9.17) is 11.5 Å². The van der Waals surface area contributed by atoms with Crippen molar-refractivity contribution in [3.05, 3.63) is 6.17 Å². The van der Waals surface area contributed by atoms with Gasteiger partial charge in [0.2, 0.25) is 0 Å². The number of hydrogen-bond donors (Lipinski definition) is 2. The molecule has 0 saturated heterocycles. The maximum absolute atomic E-state index is 5.17. The second-order valence-electron chi connectivity index (χ2n) is 1.68. The Morgan fingerprint density at radius 1 is 1.43 bits per heavy atom. The Labute approximate surface area is 44.9 Å². The van der Waals surface area contributed by atoms with E-state index in [1.165, 1.54) is 0 Å². The Morgan fingerprint density at radius 2 is 2.00 bits per heavy atom. The monoisotopic (exact) mass is 101 g/mol. The summed E-state index contributed by atoms with van der Waals surface area (Å²) < 4.78 is 0. The van der Waals surface area contributed by atoms with E-state index < -0.39 is 0 Å². The van der Waals surface area contributed by atoms with Gasteiger partial charge in [0, 0.05) is 0 Å². The molecule has 0 spiro atoms. The third-order valence-electron chi connectivity index (χ3n) is 0.819. The molecule has 0 aliphatic heterocycles. The van der Waals surface area contributed by atoms with Crippen LogP contribution >= 0.6 is 0 Å². The van der Waals surface area contributed by atoms with Gasteiger partial charge in [-0.05, 0) is 6.42 Å². The molecule has 0 rings (SSSR count). The van der Waals surface area contributed by atoms with Gasteiger partial charge in [-0.2, -0.15) is 0 Å². The summed E-state index contributed by atoms with van der Waals surface area (Å²) >= 11 is 0. The number of nitrogens with two attached hydrogens (primary N) is 2. The first-order chi connectivity index (χ1) is 3.27. The predicted octanol–water partition coefficient (Wildman–Crippen LogP) is 0.583. The van der Waals surface area contributed by atoms with Crippen LogP contribution in [0, 0.1) is 6.17 Å². The summed E-state index contributed by atoms with van der Waals surface area (Å²) in [5.41, 5.74) is 10.3. The summed E-state index contributed by atoms with van der Waals surface area (Å²) in [6.07, 6.45) is 3.71. The quantitative estimate of drug-likeness (QED) is 0.546. The normalized spacial score (nSPS) is 10.3. The predicted molar refractivity (Wildman–Crippen MR) is 31.1 cm³/mol. The van der Waals surface area contributed by atoms with Gasteiger partial charge < -0.3 is 11.5 Å². The Balaban J connectivity index is 2.68. The second kappa shape index (κ2) is 4.09. The highest BCUT2D eigenvalue weighted by Crippen LogP contribution is 1.96. The fourth-order valence-corrected chi connectivity index (χ4v) is 0.381. The van der Waals surface area contributed by atoms with Gasteiger partial charge in [-0.25, -0.2) is 0 Å². The van der Waals surface area contributed by atoms with E-state index in [2.05, 4.69) is 6.92 Å². The lowest BCUT2D eigenvalue weighted by molar-refractivity contribution is 0.704. The summed E-state index contributed by atoms with van der Waals surface area (Å²) in [4.78, 5) is 0. The molecule has 0 bridgehead atoms. The molecule has 0 fully saturated rings. The molecule has 2 heteroatoms. The molecule has 0 aromatic rings. The number of unbranched alkanes of at least 4 members (excludes halogenated alkanes) is 1. The molecule has 4 N–H and O–H groups in total. The van der Waals surface area contributed by atoms with E-state index in [1.807, 2.05) is 0 Å². The van der Waals surface area contributed by atoms with Crippen LogP contribution in [-0.4, -0.2) is 0 Å². The topological polar surface area (TPSA) is 52.0 Å². The van der Waals surface area contributed by atoms with E-state index in [-0.39, 0.29) is 0 Å². The van der Waals surface area contributed by atoms with Gasteiger partial charge >= 0.3 is 0 Å². The van der Waals surface area contributed by atoms with Crippen molar-refractivity contribution in [2.24, 2.45) is 11.5 Å². The fourth-order valence-electron chi connectivity index (χ4n) is 0.381. The lowest BCUT2D eigenvalue weighted by atomic mass is 10.2. The fraction of sp³-hybridized carbons (Fsp3) is 0.800. The van der Waals surface area contributed by atoms with Crippen molar-refractivity contribution in [3.8, 4) is 0 Å². The molecule has 0 saturated carbocycles. The first-order valence-corrected chi connectivity index (χ1v) is 2.64. The minimum Gasteiger partial charge on any atom is -0.311 e. The van der Waals surface area contributed by atoms with Crippen LogP contribution in [0.5, 0.6) is 0 Å². The molecular formula is C5H13N2. The molecular weight excluding hydrogens is 88.1 g/mol. The zero-order valence-electron chi connectivity index (χ0n) is 4.78. The molecule has 43 valence electrons. The summed E-state index contributed by atoms with van der Waals surface area (Å²) in [7, 11) is 0. The highest BCUT2D eigenvalue weighted by atomic mass is 14.8. The van der Waals surface area contributed by atoms with Crippen molar-refractivity contribution < 1.29 is 0 Å². The van der Waals surface area contributed by atoms with Gasteiger partial charge in [0.05, 0.1) is 6.17 Å². The summed E-state index contributed by atoms with van der Waals surface area (Å²) in [5.74, 6) is 0. The molecule has 0 atom stereocenters. The molecule has 0 aliphatic rings. The molecule has 0 heterocycles. The van der Waals surface area contributed by atoms with Gasteiger partial charge in [0.1, 0.15) is 0 Å². The Morgan fingerprint density at radius 3 is 2.14 bits per heavy atom. The van der Waals surface area contributed by atoms with Crippen molar-refractivity contribution in [1.29, 1.82) is 0 Å². The van der Waals surface area contributed by atoms with Crippen molar-refractivity contribution >= 4 is 0 Å². The Kier molecular flexibility index (Phi) is 4.04.